The minimum atomic E-state index is 0.984. The molecule has 0 aliphatic carbocycles. The lowest BCUT2D eigenvalue weighted by Gasteiger charge is -2.04. The van der Waals surface area contributed by atoms with Gasteiger partial charge in [0.05, 0.1) is 5.69 Å². The van der Waals surface area contributed by atoms with Crippen LogP contribution < -0.4 is 0 Å². The lowest BCUT2D eigenvalue weighted by Crippen LogP contribution is -1.88. The van der Waals surface area contributed by atoms with Crippen LogP contribution in [0.25, 0.3) is 23.3 Å². The maximum Gasteiger partial charge on any atom is 0.0639 e. The first kappa shape index (κ1) is 13.3. The summed E-state index contributed by atoms with van der Waals surface area (Å²) in [6.07, 6.45) is 4.16. The molecule has 3 rings (SSSR count). The van der Waals surface area contributed by atoms with Crippen molar-refractivity contribution in [1.82, 2.24) is 4.98 Å². The number of hydrogen-bond donors (Lipinski definition) is 0. The van der Waals surface area contributed by atoms with E-state index < -0.39 is 0 Å². The van der Waals surface area contributed by atoms with Crippen molar-refractivity contribution in [2.75, 3.05) is 0 Å². The highest BCUT2D eigenvalue weighted by molar-refractivity contribution is 5.72. The molecule has 0 atom stereocenters. The zero-order valence-electron chi connectivity index (χ0n) is 12.0. The first-order chi connectivity index (χ1) is 10.3. The minimum absolute atomic E-state index is 0.984. The molecule has 1 aromatic heterocycles. The van der Waals surface area contributed by atoms with Gasteiger partial charge in [-0.2, -0.15) is 0 Å². The van der Waals surface area contributed by atoms with E-state index in [-0.39, 0.29) is 0 Å². The van der Waals surface area contributed by atoms with Gasteiger partial charge in [-0.1, -0.05) is 66.7 Å². The predicted molar refractivity (Wildman–Crippen MR) is 89.8 cm³/mol. The van der Waals surface area contributed by atoms with Crippen molar-refractivity contribution in [1.29, 1.82) is 0 Å². The number of nitrogens with zero attached hydrogens (tertiary/aromatic N) is 1. The highest BCUT2D eigenvalue weighted by atomic mass is 14.7. The monoisotopic (exact) mass is 271 g/mol. The van der Waals surface area contributed by atoms with Gasteiger partial charge in [-0.3, -0.25) is 4.98 Å². The van der Waals surface area contributed by atoms with Gasteiger partial charge in [0.15, 0.2) is 0 Å². The van der Waals surface area contributed by atoms with Crippen molar-refractivity contribution < 1.29 is 0 Å². The Balaban J connectivity index is 1.93. The number of rotatable bonds is 3. The zero-order valence-corrected chi connectivity index (χ0v) is 12.0. The van der Waals surface area contributed by atoms with Gasteiger partial charge in [-0.05, 0) is 41.8 Å². The second-order valence-corrected chi connectivity index (χ2v) is 5.03. The van der Waals surface area contributed by atoms with Crippen molar-refractivity contribution in [2.45, 2.75) is 6.92 Å². The Morgan fingerprint density at radius 2 is 1.38 bits per heavy atom. The van der Waals surface area contributed by atoms with Crippen LogP contribution >= 0.6 is 0 Å². The van der Waals surface area contributed by atoms with E-state index in [9.17, 15) is 0 Å². The van der Waals surface area contributed by atoms with Gasteiger partial charge in [0.2, 0.25) is 0 Å². The summed E-state index contributed by atoms with van der Waals surface area (Å²) in [5.74, 6) is 0. The predicted octanol–water partition coefficient (Wildman–Crippen LogP) is 5.23. The van der Waals surface area contributed by atoms with E-state index in [2.05, 4.69) is 65.7 Å². The number of aromatic nitrogens is 1. The molecule has 21 heavy (non-hydrogen) atoms. The third kappa shape index (κ3) is 3.46. The van der Waals surface area contributed by atoms with E-state index in [0.29, 0.717) is 0 Å². The van der Waals surface area contributed by atoms with Crippen LogP contribution in [-0.4, -0.2) is 4.98 Å². The van der Waals surface area contributed by atoms with Gasteiger partial charge in [-0.25, -0.2) is 0 Å². The third-order valence-corrected chi connectivity index (χ3v) is 3.33. The quantitative estimate of drug-likeness (QED) is 0.636. The molecule has 0 amide bonds. The average molecular weight is 271 g/mol. The Bertz CT molecular complexity index is 743. The number of benzene rings is 2. The number of aryl methyl sites for hydroxylation is 1. The highest BCUT2D eigenvalue weighted by Gasteiger charge is 2.00. The number of hydrogen-bond acceptors (Lipinski definition) is 1. The molecule has 0 spiro atoms. The van der Waals surface area contributed by atoms with Crippen molar-refractivity contribution >= 4 is 12.2 Å². The van der Waals surface area contributed by atoms with Crippen LogP contribution in [0.1, 0.15) is 17.0 Å². The second kappa shape index (κ2) is 6.19. The van der Waals surface area contributed by atoms with E-state index in [1.807, 2.05) is 31.2 Å². The van der Waals surface area contributed by atoms with Crippen molar-refractivity contribution in [3.05, 3.63) is 89.7 Å². The Labute approximate surface area is 125 Å². The fraction of sp³-hybridized carbons (Fsp3) is 0.0500. The summed E-state index contributed by atoms with van der Waals surface area (Å²) in [6, 6.07) is 24.9. The van der Waals surface area contributed by atoms with Crippen LogP contribution in [0.4, 0.5) is 0 Å². The maximum atomic E-state index is 4.59. The molecular weight excluding hydrogens is 254 g/mol. The topological polar surface area (TPSA) is 12.9 Å². The summed E-state index contributed by atoms with van der Waals surface area (Å²) in [5, 5.41) is 0. The van der Waals surface area contributed by atoms with E-state index in [1.165, 1.54) is 16.7 Å². The van der Waals surface area contributed by atoms with Crippen molar-refractivity contribution in [2.24, 2.45) is 0 Å². The molecule has 102 valence electrons. The molecule has 0 aliphatic heterocycles. The summed E-state index contributed by atoms with van der Waals surface area (Å²) < 4.78 is 0. The van der Waals surface area contributed by atoms with E-state index in [1.54, 1.807) is 0 Å². The van der Waals surface area contributed by atoms with Gasteiger partial charge < -0.3 is 0 Å². The molecule has 2 aromatic carbocycles. The van der Waals surface area contributed by atoms with Crippen LogP contribution in [0, 0.1) is 6.92 Å². The first-order valence-corrected chi connectivity index (χ1v) is 7.08. The van der Waals surface area contributed by atoms with Gasteiger partial charge >= 0.3 is 0 Å². The fourth-order valence-corrected chi connectivity index (χ4v) is 2.32. The largest absolute Gasteiger partial charge is 0.254 e. The van der Waals surface area contributed by atoms with Crippen LogP contribution in [-0.2, 0) is 0 Å². The molecule has 1 heteroatoms. The fourth-order valence-electron chi connectivity index (χ4n) is 2.32. The molecule has 0 unspecified atom stereocenters. The lowest BCUT2D eigenvalue weighted by atomic mass is 10.0. The first-order valence-electron chi connectivity index (χ1n) is 7.08. The molecule has 0 radical (unpaired) electrons. The Hall–Kier alpha value is -2.67. The molecule has 3 aromatic rings. The molecule has 0 fully saturated rings. The summed E-state index contributed by atoms with van der Waals surface area (Å²) in [5.41, 5.74) is 5.62. The van der Waals surface area contributed by atoms with Gasteiger partial charge in [0.25, 0.3) is 0 Å². The van der Waals surface area contributed by atoms with Gasteiger partial charge in [-0.15, -0.1) is 0 Å². The van der Waals surface area contributed by atoms with Crippen molar-refractivity contribution in [3.63, 3.8) is 0 Å². The molecule has 0 saturated carbocycles. The van der Waals surface area contributed by atoms with Crippen LogP contribution in [0.5, 0.6) is 0 Å². The Morgan fingerprint density at radius 3 is 2.10 bits per heavy atom. The molecule has 0 bridgehead atoms. The highest BCUT2D eigenvalue weighted by Crippen LogP contribution is 2.21. The van der Waals surface area contributed by atoms with Gasteiger partial charge in [0.1, 0.15) is 0 Å². The molecule has 1 heterocycles. The van der Waals surface area contributed by atoms with E-state index in [4.69, 9.17) is 0 Å². The molecule has 1 nitrogen and oxygen atoms in total. The van der Waals surface area contributed by atoms with E-state index >= 15 is 0 Å². The smallest absolute Gasteiger partial charge is 0.0639 e. The van der Waals surface area contributed by atoms with Crippen LogP contribution in [0.2, 0.25) is 0 Å². The second-order valence-electron chi connectivity index (χ2n) is 5.03. The molecule has 0 N–H and O–H groups in total. The third-order valence-electron chi connectivity index (χ3n) is 3.33. The molecule has 0 aliphatic rings. The normalized spacial score (nSPS) is 10.9. The standard InChI is InChI=1S/C20H17N/c1-16-14-19(18-10-6-3-7-11-18)15-20(21-16)13-12-17-8-4-2-5-9-17/h2-15H,1H3/b13-12+. The summed E-state index contributed by atoms with van der Waals surface area (Å²) in [7, 11) is 0. The molecule has 0 saturated heterocycles. The SMILES string of the molecule is Cc1cc(-c2ccccc2)cc(/C=C/c2ccccc2)n1. The van der Waals surface area contributed by atoms with E-state index in [0.717, 1.165) is 11.4 Å². The lowest BCUT2D eigenvalue weighted by molar-refractivity contribution is 1.18. The van der Waals surface area contributed by atoms with Crippen molar-refractivity contribution in [3.8, 4) is 11.1 Å². The molecular formula is C20H17N. The van der Waals surface area contributed by atoms with Crippen LogP contribution in [0.15, 0.2) is 72.8 Å². The summed E-state index contributed by atoms with van der Waals surface area (Å²) >= 11 is 0. The zero-order chi connectivity index (χ0) is 14.5. The minimum Gasteiger partial charge on any atom is -0.254 e. The maximum absolute atomic E-state index is 4.59. The summed E-state index contributed by atoms with van der Waals surface area (Å²) in [6.45, 7) is 2.03. The van der Waals surface area contributed by atoms with Crippen LogP contribution in [0.3, 0.4) is 0 Å². The average Bonchev–Trinajstić information content (AvgIpc) is 2.54. The van der Waals surface area contributed by atoms with Gasteiger partial charge in [0, 0.05) is 5.69 Å². The Kier molecular flexibility index (Phi) is 3.92. The Morgan fingerprint density at radius 1 is 0.714 bits per heavy atom. The number of pyridine rings is 1. The summed E-state index contributed by atoms with van der Waals surface area (Å²) in [4.78, 5) is 4.59.